The molecule has 0 spiro atoms. The number of carbonyl (C=O) groups is 2. The minimum atomic E-state index is -0.741. The van der Waals surface area contributed by atoms with Crippen LogP contribution in [0, 0.1) is 24.2 Å². The number of aryl methyl sites for hydroxylation is 1. The van der Waals surface area contributed by atoms with Crippen molar-refractivity contribution >= 4 is 17.6 Å². The number of methoxy groups -OCH3 is 1. The third-order valence-electron chi connectivity index (χ3n) is 11.3. The molecule has 4 aliphatic rings. The third kappa shape index (κ3) is 6.38. The normalized spacial score (nSPS) is 26.2. The molecule has 2 heterocycles. The Balaban J connectivity index is 1.25. The number of carbonyl (C=O) groups excluding carboxylic acids is 1. The lowest BCUT2D eigenvalue weighted by Crippen LogP contribution is -2.51. The number of benzene rings is 1. The fourth-order valence-corrected chi connectivity index (χ4v) is 8.34. The van der Waals surface area contributed by atoms with E-state index in [1.807, 2.05) is 17.1 Å². The number of ether oxygens (including phenoxy) is 1. The summed E-state index contributed by atoms with van der Waals surface area (Å²) >= 11 is 0. The molecule has 240 valence electrons. The fraction of sp³-hybridized carbons (Fsp3) is 0.568. The van der Waals surface area contributed by atoms with Crippen molar-refractivity contribution in [2.45, 2.75) is 103 Å². The average Bonchev–Trinajstić information content (AvgIpc) is 3.56. The van der Waals surface area contributed by atoms with Crippen LogP contribution in [0.1, 0.15) is 102 Å². The number of hydrogen-bond donors (Lipinski definition) is 1. The number of aromatic nitrogens is 3. The van der Waals surface area contributed by atoms with Crippen LogP contribution >= 0.6 is 0 Å². The van der Waals surface area contributed by atoms with Crippen LogP contribution in [-0.2, 0) is 15.0 Å². The van der Waals surface area contributed by atoms with Crippen molar-refractivity contribution in [2.24, 2.45) is 17.3 Å². The van der Waals surface area contributed by atoms with Crippen LogP contribution in [0.15, 0.2) is 48.9 Å². The highest BCUT2D eigenvalue weighted by Gasteiger charge is 2.51. The van der Waals surface area contributed by atoms with Gasteiger partial charge >= 0.3 is 5.97 Å². The first-order chi connectivity index (χ1) is 21.6. The third-order valence-corrected chi connectivity index (χ3v) is 11.3. The van der Waals surface area contributed by atoms with Gasteiger partial charge in [-0.2, -0.15) is 5.10 Å². The van der Waals surface area contributed by atoms with Gasteiger partial charge in [0.05, 0.1) is 13.3 Å². The van der Waals surface area contributed by atoms with E-state index >= 15 is 0 Å². The summed E-state index contributed by atoms with van der Waals surface area (Å²) < 4.78 is 7.40. The van der Waals surface area contributed by atoms with Gasteiger partial charge in [0.15, 0.2) is 0 Å². The Morgan fingerprint density at radius 3 is 2.33 bits per heavy atom. The second-order valence-electron chi connectivity index (χ2n) is 14.4. The zero-order valence-electron chi connectivity index (χ0n) is 27.3. The predicted molar refractivity (Wildman–Crippen MR) is 175 cm³/mol. The quantitative estimate of drug-likeness (QED) is 0.251. The summed E-state index contributed by atoms with van der Waals surface area (Å²) in [7, 11) is 1.67. The molecule has 3 aromatic rings. The molecule has 7 rings (SSSR count). The highest BCUT2D eigenvalue weighted by atomic mass is 16.5. The minimum absolute atomic E-state index is 0.0709. The molecule has 8 nitrogen and oxygen atoms in total. The number of carboxylic acids is 1. The van der Waals surface area contributed by atoms with E-state index in [0.717, 1.165) is 93.1 Å². The van der Waals surface area contributed by atoms with Gasteiger partial charge in [0.25, 0.3) is 0 Å². The lowest BCUT2D eigenvalue weighted by molar-refractivity contribution is -0.138. The molecular formula is C37H48N4O4. The van der Waals surface area contributed by atoms with Crippen LogP contribution in [0.25, 0.3) is 11.1 Å². The smallest absolute Gasteiger partial charge is 0.303 e. The predicted octanol–water partition coefficient (Wildman–Crippen LogP) is 7.75. The van der Waals surface area contributed by atoms with Crippen molar-refractivity contribution in [2.75, 3.05) is 18.6 Å². The van der Waals surface area contributed by atoms with Crippen LogP contribution in [0.5, 0.6) is 5.88 Å². The molecule has 0 unspecified atom stereocenters. The topological polar surface area (TPSA) is 97.6 Å². The molecule has 4 fully saturated rings. The second-order valence-corrected chi connectivity index (χ2v) is 14.4. The van der Waals surface area contributed by atoms with Crippen molar-refractivity contribution < 1.29 is 19.4 Å². The summed E-state index contributed by atoms with van der Waals surface area (Å²) in [6.07, 6.45) is 15.9. The van der Waals surface area contributed by atoms with E-state index in [1.54, 1.807) is 7.11 Å². The van der Waals surface area contributed by atoms with Crippen LogP contribution in [0.4, 0.5) is 5.69 Å². The van der Waals surface area contributed by atoms with Crippen LogP contribution in [0.2, 0.25) is 0 Å². The van der Waals surface area contributed by atoms with Crippen molar-refractivity contribution in [1.29, 1.82) is 0 Å². The fourth-order valence-electron chi connectivity index (χ4n) is 8.34. The van der Waals surface area contributed by atoms with E-state index in [0.29, 0.717) is 5.88 Å². The van der Waals surface area contributed by atoms with Gasteiger partial charge in [0, 0.05) is 54.1 Å². The highest BCUT2D eigenvalue weighted by molar-refractivity contribution is 5.96. The Hall–Kier alpha value is -3.68. The molecule has 4 saturated carbocycles. The largest absolute Gasteiger partial charge is 0.481 e. The summed E-state index contributed by atoms with van der Waals surface area (Å²) in [6.45, 7) is 7.04. The number of anilines is 1. The number of pyridine rings is 1. The first kappa shape index (κ1) is 31.3. The lowest BCUT2D eigenvalue weighted by Gasteiger charge is -2.55. The van der Waals surface area contributed by atoms with Gasteiger partial charge in [-0.1, -0.05) is 12.1 Å². The monoisotopic (exact) mass is 612 g/mol. The van der Waals surface area contributed by atoms with Crippen molar-refractivity contribution in [1.82, 2.24) is 14.8 Å². The van der Waals surface area contributed by atoms with Gasteiger partial charge in [-0.3, -0.25) is 14.3 Å². The summed E-state index contributed by atoms with van der Waals surface area (Å²) in [5.74, 6) is 0.250. The van der Waals surface area contributed by atoms with Crippen molar-refractivity contribution in [3.05, 3.63) is 60.0 Å². The number of rotatable bonds is 10. The van der Waals surface area contributed by atoms with Gasteiger partial charge in [-0.25, -0.2) is 4.98 Å². The van der Waals surface area contributed by atoms with Gasteiger partial charge in [-0.15, -0.1) is 0 Å². The number of carboxylic acid groups (broad SMARTS) is 1. The average molecular weight is 613 g/mol. The van der Waals surface area contributed by atoms with E-state index in [1.165, 1.54) is 5.56 Å². The number of amides is 1. The molecule has 1 N–H and O–H groups in total. The molecule has 0 atom stereocenters. The maximum absolute atomic E-state index is 14.5. The number of hydrogen-bond acceptors (Lipinski definition) is 5. The first-order valence-corrected chi connectivity index (χ1v) is 16.8. The van der Waals surface area contributed by atoms with E-state index in [-0.39, 0.29) is 41.0 Å². The first-order valence-electron chi connectivity index (χ1n) is 16.8. The number of nitrogens with zero attached hydrogens (tertiary/aromatic N) is 4. The molecule has 0 saturated heterocycles. The summed E-state index contributed by atoms with van der Waals surface area (Å²) in [5.41, 5.74) is 5.72. The summed E-state index contributed by atoms with van der Waals surface area (Å²) in [4.78, 5) is 32.5. The Morgan fingerprint density at radius 1 is 1.02 bits per heavy atom. The zero-order valence-corrected chi connectivity index (χ0v) is 27.3. The number of aliphatic carboxylic acids is 1. The maximum atomic E-state index is 14.5. The van der Waals surface area contributed by atoms with Crippen molar-refractivity contribution in [3.63, 3.8) is 0 Å². The molecule has 0 aliphatic heterocycles. The van der Waals surface area contributed by atoms with E-state index in [2.05, 4.69) is 72.3 Å². The molecular weight excluding hydrogens is 564 g/mol. The molecule has 0 radical (unpaired) electrons. The van der Waals surface area contributed by atoms with Gasteiger partial charge in [-0.05, 0) is 131 Å². The molecule has 8 heteroatoms. The molecule has 1 amide bonds. The molecule has 1 aromatic carbocycles. The Bertz CT molecular complexity index is 1510. The zero-order chi connectivity index (χ0) is 31.8. The van der Waals surface area contributed by atoms with E-state index in [4.69, 9.17) is 4.74 Å². The second kappa shape index (κ2) is 12.6. The standard InChI is InChI=1S/C37H48N4O4/c1-25(2)41-23-30(21-39-41)29-6-5-7-32(20-29)40(35(44)28-10-8-27(9-11-28)19-33(42)43)24-36-12-15-37(16-13-36,17-14-36)31-18-26(3)34(45-4)38-22-31/h5-7,18,20-23,25,27-28H,8-17,19,24H2,1-4H3,(H,42,43). The van der Waals surface area contributed by atoms with Gasteiger partial charge < -0.3 is 14.7 Å². The van der Waals surface area contributed by atoms with E-state index < -0.39 is 5.97 Å². The van der Waals surface area contributed by atoms with Crippen molar-refractivity contribution in [3.8, 4) is 17.0 Å². The minimum Gasteiger partial charge on any atom is -0.481 e. The summed E-state index contributed by atoms with van der Waals surface area (Å²) in [5, 5.41) is 13.9. The maximum Gasteiger partial charge on any atom is 0.303 e. The molecule has 2 bridgehead atoms. The van der Waals surface area contributed by atoms with Gasteiger partial charge in [0.2, 0.25) is 11.8 Å². The Kier molecular flexibility index (Phi) is 8.77. The number of fused-ring (bicyclic) bond motifs is 3. The molecule has 4 aliphatic carbocycles. The molecule has 2 aromatic heterocycles. The Labute approximate surface area is 267 Å². The SMILES string of the molecule is COc1ncc(C23CCC(CN(C(=O)C4CCC(CC(=O)O)CC4)c4cccc(-c5cnn(C(C)C)c5)c4)(CC2)CC3)cc1C. The van der Waals surface area contributed by atoms with Crippen LogP contribution < -0.4 is 9.64 Å². The Morgan fingerprint density at radius 2 is 1.73 bits per heavy atom. The lowest BCUT2D eigenvalue weighted by atomic mass is 9.52. The summed E-state index contributed by atoms with van der Waals surface area (Å²) in [6, 6.07) is 11.0. The van der Waals surface area contributed by atoms with Crippen LogP contribution in [-0.4, -0.2) is 45.4 Å². The molecule has 45 heavy (non-hydrogen) atoms. The van der Waals surface area contributed by atoms with Crippen LogP contribution in [0.3, 0.4) is 0 Å². The van der Waals surface area contributed by atoms with Gasteiger partial charge in [0.1, 0.15) is 0 Å². The highest BCUT2D eigenvalue weighted by Crippen LogP contribution is 2.58. The van der Waals surface area contributed by atoms with E-state index in [9.17, 15) is 14.7 Å².